The van der Waals surface area contributed by atoms with Crippen molar-refractivity contribution in [2.24, 2.45) is 5.92 Å². The number of carbonyl (C=O) groups excluding carboxylic acids is 2. The molecule has 1 atom stereocenters. The first-order chi connectivity index (χ1) is 14.8. The lowest BCUT2D eigenvalue weighted by molar-refractivity contribution is -0.130. The summed E-state index contributed by atoms with van der Waals surface area (Å²) < 4.78 is 34.1. The van der Waals surface area contributed by atoms with Crippen LogP contribution < -0.4 is 5.32 Å². The summed E-state index contributed by atoms with van der Waals surface area (Å²) >= 11 is 5.82. The molecule has 0 bridgehead atoms. The quantitative estimate of drug-likeness (QED) is 0.630. The average molecular weight is 446 g/mol. The van der Waals surface area contributed by atoms with Crippen LogP contribution in [0.5, 0.6) is 0 Å². The van der Waals surface area contributed by atoms with Gasteiger partial charge in [-0.05, 0) is 42.5 Å². The Morgan fingerprint density at radius 1 is 1.19 bits per heavy atom. The third-order valence-corrected chi connectivity index (χ3v) is 5.22. The van der Waals surface area contributed by atoms with Crippen LogP contribution in [0.25, 0.3) is 11.3 Å². The zero-order valence-corrected chi connectivity index (χ0v) is 17.0. The summed E-state index contributed by atoms with van der Waals surface area (Å²) in [6.07, 6.45) is 3.67. The molecule has 1 N–H and O–H groups in total. The van der Waals surface area contributed by atoms with E-state index in [2.05, 4.69) is 10.3 Å². The molecule has 1 fully saturated rings. The van der Waals surface area contributed by atoms with Crippen LogP contribution in [0.4, 0.5) is 14.5 Å². The van der Waals surface area contributed by atoms with Crippen LogP contribution in [0.1, 0.15) is 16.8 Å². The molecule has 6 nitrogen and oxygen atoms in total. The molecular weight excluding hydrogens is 428 g/mol. The summed E-state index contributed by atoms with van der Waals surface area (Å²) in [7, 11) is 0. The fraction of sp³-hybridized carbons (Fsp3) is 0.227. The number of furan rings is 1. The highest BCUT2D eigenvalue weighted by atomic mass is 35.5. The first kappa shape index (κ1) is 21.0. The topological polar surface area (TPSA) is 75.4 Å². The molecule has 31 heavy (non-hydrogen) atoms. The van der Waals surface area contributed by atoms with E-state index < -0.39 is 36.6 Å². The van der Waals surface area contributed by atoms with Crippen LogP contribution in [-0.2, 0) is 4.79 Å². The summed E-state index contributed by atoms with van der Waals surface area (Å²) in [5.41, 5.74) is 1.14. The molecule has 1 unspecified atom stereocenters. The number of likely N-dealkylation sites (tertiary alicyclic amines) is 1. The third kappa shape index (κ3) is 4.91. The van der Waals surface area contributed by atoms with Crippen molar-refractivity contribution >= 4 is 29.1 Å². The van der Waals surface area contributed by atoms with E-state index in [4.69, 9.17) is 16.0 Å². The molecule has 3 heterocycles. The number of benzene rings is 1. The number of amides is 2. The number of hydrogen-bond donors (Lipinski definition) is 1. The van der Waals surface area contributed by atoms with Gasteiger partial charge in [0.25, 0.3) is 11.8 Å². The highest BCUT2D eigenvalue weighted by Crippen LogP contribution is 2.32. The standard InChI is InChI=1S/C22H18ClF2N3O3/c23-17-3-5-18(6-4-17)27-20(29)16-9-22(24,25)13-28(12-16)21(30)15-8-14(10-26-11-15)19-2-1-7-31-19/h1-8,10-11,16H,9,12-13H2,(H,27,29). The predicted molar refractivity (Wildman–Crippen MR) is 111 cm³/mol. The molecule has 3 aromatic rings. The van der Waals surface area contributed by atoms with Gasteiger partial charge in [0.05, 0.1) is 24.3 Å². The Hall–Kier alpha value is -3.26. The van der Waals surface area contributed by atoms with E-state index >= 15 is 0 Å². The summed E-state index contributed by atoms with van der Waals surface area (Å²) in [5, 5.41) is 3.10. The number of rotatable bonds is 4. The molecule has 2 amide bonds. The zero-order valence-electron chi connectivity index (χ0n) is 16.2. The van der Waals surface area contributed by atoms with Crippen LogP contribution in [0.3, 0.4) is 0 Å². The zero-order chi connectivity index (χ0) is 22.0. The van der Waals surface area contributed by atoms with Gasteiger partial charge in [0.15, 0.2) is 0 Å². The largest absolute Gasteiger partial charge is 0.464 e. The van der Waals surface area contributed by atoms with Gasteiger partial charge < -0.3 is 14.6 Å². The van der Waals surface area contributed by atoms with Gasteiger partial charge in [-0.3, -0.25) is 14.6 Å². The van der Waals surface area contributed by atoms with Crippen molar-refractivity contribution in [3.63, 3.8) is 0 Å². The molecule has 1 saturated heterocycles. The highest BCUT2D eigenvalue weighted by Gasteiger charge is 2.44. The summed E-state index contributed by atoms with van der Waals surface area (Å²) in [4.78, 5) is 30.6. The number of pyridine rings is 1. The van der Waals surface area contributed by atoms with Crippen molar-refractivity contribution in [2.75, 3.05) is 18.4 Å². The number of alkyl halides is 2. The van der Waals surface area contributed by atoms with E-state index in [-0.39, 0.29) is 12.1 Å². The van der Waals surface area contributed by atoms with E-state index in [0.717, 1.165) is 4.90 Å². The van der Waals surface area contributed by atoms with Gasteiger partial charge in [0, 0.05) is 41.6 Å². The summed E-state index contributed by atoms with van der Waals surface area (Å²) in [6, 6.07) is 11.3. The number of piperidine rings is 1. The van der Waals surface area contributed by atoms with Crippen molar-refractivity contribution in [3.05, 3.63) is 71.7 Å². The van der Waals surface area contributed by atoms with Crippen molar-refractivity contribution in [1.29, 1.82) is 0 Å². The second-order valence-electron chi connectivity index (χ2n) is 7.38. The fourth-order valence-corrected chi connectivity index (χ4v) is 3.65. The van der Waals surface area contributed by atoms with Crippen molar-refractivity contribution in [1.82, 2.24) is 9.88 Å². The van der Waals surface area contributed by atoms with Crippen molar-refractivity contribution < 1.29 is 22.8 Å². The van der Waals surface area contributed by atoms with Gasteiger partial charge in [-0.15, -0.1) is 0 Å². The molecule has 1 aromatic carbocycles. The number of hydrogen-bond acceptors (Lipinski definition) is 4. The maximum Gasteiger partial charge on any atom is 0.266 e. The lowest BCUT2D eigenvalue weighted by atomic mass is 9.93. The van der Waals surface area contributed by atoms with Gasteiger partial charge in [-0.2, -0.15) is 0 Å². The molecular formula is C22H18ClF2N3O3. The summed E-state index contributed by atoms with van der Waals surface area (Å²) in [5.74, 6) is -4.95. The number of halogens is 3. The Morgan fingerprint density at radius 2 is 1.97 bits per heavy atom. The van der Waals surface area contributed by atoms with Crippen molar-refractivity contribution in [3.8, 4) is 11.3 Å². The fourth-order valence-electron chi connectivity index (χ4n) is 3.52. The van der Waals surface area contributed by atoms with E-state index in [0.29, 0.717) is 22.0 Å². The molecule has 0 aliphatic carbocycles. The molecule has 0 radical (unpaired) electrons. The predicted octanol–water partition coefficient (Wildman–Crippen LogP) is 4.73. The van der Waals surface area contributed by atoms with Crippen LogP contribution in [-0.4, -0.2) is 40.7 Å². The van der Waals surface area contributed by atoms with Crippen LogP contribution in [0.15, 0.2) is 65.5 Å². The number of aromatic nitrogens is 1. The minimum absolute atomic E-state index is 0.126. The molecule has 9 heteroatoms. The number of carbonyl (C=O) groups is 2. The van der Waals surface area contributed by atoms with E-state index in [1.807, 2.05) is 0 Å². The van der Waals surface area contributed by atoms with Gasteiger partial charge in [0.1, 0.15) is 5.76 Å². The second-order valence-corrected chi connectivity index (χ2v) is 7.81. The maximum absolute atomic E-state index is 14.4. The second kappa shape index (κ2) is 8.47. The van der Waals surface area contributed by atoms with E-state index in [1.54, 1.807) is 36.4 Å². The molecule has 160 valence electrons. The SMILES string of the molecule is O=C(Nc1ccc(Cl)cc1)C1CN(C(=O)c2cncc(-c3ccco3)c2)CC(F)(F)C1. The Balaban J connectivity index is 1.51. The van der Waals surface area contributed by atoms with Crippen molar-refractivity contribution in [2.45, 2.75) is 12.3 Å². The normalized spacial score (nSPS) is 17.9. The molecule has 4 rings (SSSR count). The minimum atomic E-state index is -3.19. The first-order valence-corrected chi connectivity index (χ1v) is 9.91. The third-order valence-electron chi connectivity index (χ3n) is 4.97. The molecule has 0 saturated carbocycles. The van der Waals surface area contributed by atoms with Gasteiger partial charge in [0.2, 0.25) is 5.91 Å². The number of nitrogens with one attached hydrogen (secondary N) is 1. The van der Waals surface area contributed by atoms with E-state index in [9.17, 15) is 18.4 Å². The monoisotopic (exact) mass is 445 g/mol. The number of anilines is 1. The van der Waals surface area contributed by atoms with Crippen LogP contribution in [0.2, 0.25) is 5.02 Å². The lowest BCUT2D eigenvalue weighted by Gasteiger charge is -2.37. The van der Waals surface area contributed by atoms with Gasteiger partial charge in [-0.25, -0.2) is 8.78 Å². The molecule has 2 aromatic heterocycles. The highest BCUT2D eigenvalue weighted by molar-refractivity contribution is 6.30. The average Bonchev–Trinajstić information content (AvgIpc) is 3.29. The molecule has 1 aliphatic rings. The van der Waals surface area contributed by atoms with Gasteiger partial charge >= 0.3 is 0 Å². The number of nitrogens with zero attached hydrogens (tertiary/aromatic N) is 2. The Bertz CT molecular complexity index is 1090. The molecule has 1 aliphatic heterocycles. The summed E-state index contributed by atoms with van der Waals surface area (Å²) in [6.45, 7) is -0.889. The van der Waals surface area contributed by atoms with Gasteiger partial charge in [-0.1, -0.05) is 11.6 Å². The van der Waals surface area contributed by atoms with Crippen LogP contribution >= 0.6 is 11.6 Å². The van der Waals surface area contributed by atoms with Crippen LogP contribution in [0, 0.1) is 5.92 Å². The van der Waals surface area contributed by atoms with E-state index in [1.165, 1.54) is 24.7 Å². The first-order valence-electron chi connectivity index (χ1n) is 9.53. The Kier molecular flexibility index (Phi) is 5.73. The maximum atomic E-state index is 14.4. The minimum Gasteiger partial charge on any atom is -0.464 e. The Morgan fingerprint density at radius 3 is 2.68 bits per heavy atom. The molecule has 0 spiro atoms. The Labute approximate surface area is 181 Å². The lowest BCUT2D eigenvalue weighted by Crippen LogP contribution is -2.52. The smallest absolute Gasteiger partial charge is 0.266 e.